The van der Waals surface area contributed by atoms with Crippen molar-refractivity contribution in [2.75, 3.05) is 12.4 Å². The number of nitrogens with one attached hydrogen (secondary N) is 1. The van der Waals surface area contributed by atoms with Crippen LogP contribution in [0, 0.1) is 11.3 Å². The molecule has 0 heterocycles. The maximum atomic E-state index is 9.21. The molecule has 1 unspecified atom stereocenters. The van der Waals surface area contributed by atoms with E-state index in [4.69, 9.17) is 4.74 Å². The molecule has 1 N–H and O–H groups in total. The zero-order valence-electron chi connectivity index (χ0n) is 11.4. The number of halogens is 1. The van der Waals surface area contributed by atoms with Crippen molar-refractivity contribution in [1.29, 1.82) is 5.26 Å². The Balaban J connectivity index is 2.32. The average molecular weight is 331 g/mol. The van der Waals surface area contributed by atoms with Gasteiger partial charge in [0.2, 0.25) is 0 Å². The lowest BCUT2D eigenvalue weighted by molar-refractivity contribution is 0.416. The molecular formula is C16H15BrN2O. The van der Waals surface area contributed by atoms with Gasteiger partial charge in [0.15, 0.2) is 0 Å². The summed E-state index contributed by atoms with van der Waals surface area (Å²) >= 11 is 3.47. The Hall–Kier alpha value is -1.99. The van der Waals surface area contributed by atoms with Crippen molar-refractivity contribution < 1.29 is 4.74 Å². The van der Waals surface area contributed by atoms with Crippen LogP contribution >= 0.6 is 15.9 Å². The summed E-state index contributed by atoms with van der Waals surface area (Å²) in [6.07, 6.45) is 0. The van der Waals surface area contributed by atoms with Crippen LogP contribution in [0.25, 0.3) is 0 Å². The Bertz CT molecular complexity index is 649. The summed E-state index contributed by atoms with van der Waals surface area (Å²) in [5.41, 5.74) is 2.44. The predicted molar refractivity (Wildman–Crippen MR) is 83.9 cm³/mol. The van der Waals surface area contributed by atoms with Crippen molar-refractivity contribution in [3.05, 3.63) is 58.1 Å². The Labute approximate surface area is 127 Å². The smallest absolute Gasteiger partial charge is 0.143 e. The van der Waals surface area contributed by atoms with E-state index < -0.39 is 0 Å². The largest absolute Gasteiger partial charge is 0.495 e. The zero-order chi connectivity index (χ0) is 14.5. The van der Waals surface area contributed by atoms with Gasteiger partial charge in [-0.1, -0.05) is 34.1 Å². The van der Waals surface area contributed by atoms with Gasteiger partial charge >= 0.3 is 0 Å². The lowest BCUT2D eigenvalue weighted by Crippen LogP contribution is -2.09. The number of nitriles is 1. The Morgan fingerprint density at radius 2 is 2.00 bits per heavy atom. The van der Waals surface area contributed by atoms with Crippen LogP contribution in [-0.4, -0.2) is 7.11 Å². The fraction of sp³-hybridized carbons (Fsp3) is 0.188. The van der Waals surface area contributed by atoms with Gasteiger partial charge in [0.05, 0.1) is 18.4 Å². The fourth-order valence-corrected chi connectivity index (χ4v) is 2.44. The number of methoxy groups -OCH3 is 1. The van der Waals surface area contributed by atoms with Gasteiger partial charge in [-0.3, -0.25) is 0 Å². The molecule has 0 aliphatic heterocycles. The summed E-state index contributed by atoms with van der Waals surface area (Å²) < 4.78 is 6.36. The van der Waals surface area contributed by atoms with Crippen LogP contribution < -0.4 is 10.1 Å². The van der Waals surface area contributed by atoms with Gasteiger partial charge in [0.25, 0.3) is 0 Å². The second-order valence-electron chi connectivity index (χ2n) is 4.42. The van der Waals surface area contributed by atoms with Gasteiger partial charge in [-0.2, -0.15) is 5.26 Å². The van der Waals surface area contributed by atoms with E-state index in [1.54, 1.807) is 13.2 Å². The van der Waals surface area contributed by atoms with Gasteiger partial charge in [0.1, 0.15) is 11.8 Å². The number of nitrogens with zero attached hydrogens (tertiary/aromatic N) is 1. The van der Waals surface area contributed by atoms with E-state index in [0.29, 0.717) is 11.3 Å². The molecule has 0 aliphatic rings. The molecule has 102 valence electrons. The third kappa shape index (κ3) is 3.12. The summed E-state index contributed by atoms with van der Waals surface area (Å²) in [4.78, 5) is 0. The molecule has 0 saturated carbocycles. The fourth-order valence-electron chi connectivity index (χ4n) is 2.02. The highest BCUT2D eigenvalue weighted by atomic mass is 79.9. The summed E-state index contributed by atoms with van der Waals surface area (Å²) in [5, 5.41) is 12.6. The average Bonchev–Trinajstić information content (AvgIpc) is 2.47. The minimum absolute atomic E-state index is 0.0656. The maximum absolute atomic E-state index is 9.21. The molecule has 0 fully saturated rings. The predicted octanol–water partition coefficient (Wildman–Crippen LogP) is 4.50. The molecule has 0 saturated heterocycles. The molecular weight excluding hydrogens is 316 g/mol. The SMILES string of the molecule is COc1cccc(C#N)c1NC(C)c1cccc(Br)c1. The standard InChI is InChI=1S/C16H15BrN2O/c1-11(12-5-3-7-14(17)9-12)19-16-13(10-18)6-4-8-15(16)20-2/h3-9,11,19H,1-2H3. The Morgan fingerprint density at radius 1 is 1.25 bits per heavy atom. The van der Waals surface area contributed by atoms with Crippen molar-refractivity contribution >= 4 is 21.6 Å². The van der Waals surface area contributed by atoms with E-state index >= 15 is 0 Å². The van der Waals surface area contributed by atoms with Gasteiger partial charge in [-0.25, -0.2) is 0 Å². The molecule has 20 heavy (non-hydrogen) atoms. The van der Waals surface area contributed by atoms with Crippen molar-refractivity contribution in [2.24, 2.45) is 0 Å². The molecule has 3 nitrogen and oxygen atoms in total. The molecule has 4 heteroatoms. The van der Waals surface area contributed by atoms with Crippen LogP contribution in [0.15, 0.2) is 46.9 Å². The molecule has 0 amide bonds. The number of ether oxygens (including phenoxy) is 1. The monoisotopic (exact) mass is 330 g/mol. The number of hydrogen-bond donors (Lipinski definition) is 1. The van der Waals surface area contributed by atoms with Crippen LogP contribution in [0.1, 0.15) is 24.1 Å². The second-order valence-corrected chi connectivity index (χ2v) is 5.33. The summed E-state index contributed by atoms with van der Waals surface area (Å²) in [7, 11) is 1.60. The highest BCUT2D eigenvalue weighted by Gasteiger charge is 2.13. The summed E-state index contributed by atoms with van der Waals surface area (Å²) in [6, 6.07) is 15.8. The van der Waals surface area contributed by atoms with Gasteiger partial charge < -0.3 is 10.1 Å². The molecule has 2 rings (SSSR count). The van der Waals surface area contributed by atoms with Crippen molar-refractivity contribution in [1.82, 2.24) is 0 Å². The van der Waals surface area contributed by atoms with Crippen LogP contribution in [0.5, 0.6) is 5.75 Å². The van der Waals surface area contributed by atoms with Gasteiger partial charge in [-0.15, -0.1) is 0 Å². The quantitative estimate of drug-likeness (QED) is 0.897. The molecule has 0 radical (unpaired) electrons. The molecule has 2 aromatic rings. The summed E-state index contributed by atoms with van der Waals surface area (Å²) in [5.74, 6) is 0.672. The third-order valence-corrected chi connectivity index (χ3v) is 3.57. The molecule has 1 atom stereocenters. The van der Waals surface area contributed by atoms with Crippen molar-refractivity contribution in [3.8, 4) is 11.8 Å². The number of para-hydroxylation sites is 1. The van der Waals surface area contributed by atoms with Crippen LogP contribution in [0.2, 0.25) is 0 Å². The number of benzene rings is 2. The van der Waals surface area contributed by atoms with Crippen LogP contribution in [0.4, 0.5) is 5.69 Å². The van der Waals surface area contributed by atoms with Crippen LogP contribution in [-0.2, 0) is 0 Å². The molecule has 0 aromatic heterocycles. The maximum Gasteiger partial charge on any atom is 0.143 e. The minimum Gasteiger partial charge on any atom is -0.495 e. The topological polar surface area (TPSA) is 45.0 Å². The van der Waals surface area contributed by atoms with Crippen LogP contribution in [0.3, 0.4) is 0 Å². The first-order valence-electron chi connectivity index (χ1n) is 6.25. The van der Waals surface area contributed by atoms with E-state index in [0.717, 1.165) is 15.7 Å². The van der Waals surface area contributed by atoms with Gasteiger partial charge in [0, 0.05) is 10.5 Å². The molecule has 0 bridgehead atoms. The van der Waals surface area contributed by atoms with Gasteiger partial charge in [-0.05, 0) is 36.8 Å². The summed E-state index contributed by atoms with van der Waals surface area (Å²) in [6.45, 7) is 2.05. The first-order chi connectivity index (χ1) is 9.65. The van der Waals surface area contributed by atoms with E-state index in [1.165, 1.54) is 0 Å². The van der Waals surface area contributed by atoms with Crippen molar-refractivity contribution in [3.63, 3.8) is 0 Å². The van der Waals surface area contributed by atoms with E-state index in [2.05, 4.69) is 40.3 Å². The first-order valence-corrected chi connectivity index (χ1v) is 7.04. The Morgan fingerprint density at radius 3 is 2.65 bits per heavy atom. The van der Waals surface area contributed by atoms with E-state index in [-0.39, 0.29) is 6.04 Å². The number of rotatable bonds is 4. The van der Waals surface area contributed by atoms with Crippen molar-refractivity contribution in [2.45, 2.75) is 13.0 Å². The third-order valence-electron chi connectivity index (χ3n) is 3.08. The first kappa shape index (κ1) is 14.4. The lowest BCUT2D eigenvalue weighted by atomic mass is 10.1. The zero-order valence-corrected chi connectivity index (χ0v) is 12.9. The highest BCUT2D eigenvalue weighted by molar-refractivity contribution is 9.10. The lowest BCUT2D eigenvalue weighted by Gasteiger charge is -2.19. The molecule has 2 aromatic carbocycles. The second kappa shape index (κ2) is 6.44. The normalized spacial score (nSPS) is 11.5. The highest BCUT2D eigenvalue weighted by Crippen LogP contribution is 2.31. The Kier molecular flexibility index (Phi) is 4.65. The molecule has 0 aliphatic carbocycles. The number of anilines is 1. The molecule has 0 spiro atoms. The number of hydrogen-bond acceptors (Lipinski definition) is 3. The minimum atomic E-state index is 0.0656. The van der Waals surface area contributed by atoms with E-state index in [1.807, 2.05) is 30.3 Å². The van der Waals surface area contributed by atoms with E-state index in [9.17, 15) is 5.26 Å².